The molecule has 1 N–H and O–H groups in total. The lowest BCUT2D eigenvalue weighted by Gasteiger charge is -2.38. The van der Waals surface area contributed by atoms with Crippen LogP contribution in [-0.2, 0) is 16.6 Å². The van der Waals surface area contributed by atoms with Crippen LogP contribution in [-0.4, -0.2) is 42.2 Å². The summed E-state index contributed by atoms with van der Waals surface area (Å²) < 4.78 is 6.11. The Kier molecular flexibility index (Phi) is 6.16. The molecule has 0 atom stereocenters. The molecule has 4 nitrogen and oxygen atoms in total. The van der Waals surface area contributed by atoms with Gasteiger partial charge in [0.25, 0.3) is 0 Å². The third-order valence-corrected chi connectivity index (χ3v) is 6.80. The van der Waals surface area contributed by atoms with Gasteiger partial charge in [-0.05, 0) is 61.2 Å². The second-order valence-electron chi connectivity index (χ2n) is 8.35. The molecule has 1 spiro atoms. The van der Waals surface area contributed by atoms with Crippen LogP contribution in [0.5, 0.6) is 5.75 Å². The van der Waals surface area contributed by atoms with Gasteiger partial charge in [-0.3, -0.25) is 4.79 Å². The molecule has 4 rings (SSSR count). The Balaban J connectivity index is 1.46. The number of aryl methyl sites for hydroxylation is 1. The molecule has 5 heteroatoms. The third-order valence-electron chi connectivity index (χ3n) is 6.46. The van der Waals surface area contributed by atoms with E-state index in [4.69, 9.17) is 21.4 Å². The van der Waals surface area contributed by atoms with Crippen molar-refractivity contribution in [3.05, 3.63) is 63.7 Å². The molecule has 0 amide bonds. The Morgan fingerprint density at radius 1 is 1.20 bits per heavy atom. The number of ether oxygens (including phenoxy) is 1. The zero-order valence-electron chi connectivity index (χ0n) is 17.4. The largest absolute Gasteiger partial charge is 0.492 e. The number of halogens is 1. The summed E-state index contributed by atoms with van der Waals surface area (Å²) in [6, 6.07) is 12.6. The van der Waals surface area contributed by atoms with Gasteiger partial charge >= 0.3 is 5.97 Å². The maximum Gasteiger partial charge on any atom is 0.304 e. The minimum atomic E-state index is -0.729. The fourth-order valence-electron chi connectivity index (χ4n) is 4.49. The number of carboxylic acid groups (broad SMARTS) is 1. The van der Waals surface area contributed by atoms with Crippen LogP contribution in [0.4, 0.5) is 0 Å². The highest BCUT2D eigenvalue weighted by Crippen LogP contribution is 2.46. The van der Waals surface area contributed by atoms with E-state index in [0.29, 0.717) is 13.2 Å². The van der Waals surface area contributed by atoms with Gasteiger partial charge in [-0.1, -0.05) is 54.9 Å². The zero-order chi connectivity index (χ0) is 21.1. The monoisotopic (exact) mass is 425 g/mol. The second kappa shape index (κ2) is 8.83. The Morgan fingerprint density at radius 2 is 2.00 bits per heavy atom. The number of hydrogen-bond donors (Lipinski definition) is 1. The molecule has 2 aliphatic heterocycles. The van der Waals surface area contributed by atoms with Crippen LogP contribution >= 0.6 is 11.6 Å². The SMILES string of the molecule is CCc1ccc(Cl)c(/C=C/c2ccc3c(c2)OCC32CCN(CCC(=O)O)CC2)c1. The molecular formula is C25H28ClNO3. The molecule has 2 aromatic carbocycles. The molecule has 0 aromatic heterocycles. The normalized spacial score (nSPS) is 17.9. The lowest BCUT2D eigenvalue weighted by atomic mass is 9.74. The summed E-state index contributed by atoms with van der Waals surface area (Å²) in [6.45, 7) is 5.33. The van der Waals surface area contributed by atoms with Crippen molar-refractivity contribution in [2.24, 2.45) is 0 Å². The van der Waals surface area contributed by atoms with Crippen molar-refractivity contribution < 1.29 is 14.6 Å². The van der Waals surface area contributed by atoms with Gasteiger partial charge in [0, 0.05) is 22.5 Å². The van der Waals surface area contributed by atoms with Crippen molar-refractivity contribution in [2.45, 2.75) is 38.0 Å². The predicted molar refractivity (Wildman–Crippen MR) is 121 cm³/mol. The molecule has 0 radical (unpaired) electrons. The van der Waals surface area contributed by atoms with Gasteiger partial charge in [0.05, 0.1) is 13.0 Å². The summed E-state index contributed by atoms with van der Waals surface area (Å²) in [6.07, 6.45) is 7.36. The van der Waals surface area contributed by atoms with E-state index in [9.17, 15) is 4.79 Å². The number of likely N-dealkylation sites (tertiary alicyclic amines) is 1. The molecule has 1 fully saturated rings. The standard InChI is InChI=1S/C25H28ClNO3/c1-2-18-5-8-22(26)20(15-18)6-3-19-4-7-21-23(16-19)30-17-25(21)10-13-27(14-11-25)12-9-24(28)29/h3-8,15-16H,2,9-14,17H2,1H3,(H,28,29)/b6-3+. The highest BCUT2D eigenvalue weighted by Gasteiger charge is 2.42. The number of hydrogen-bond acceptors (Lipinski definition) is 3. The molecule has 0 bridgehead atoms. The molecule has 2 heterocycles. The molecule has 30 heavy (non-hydrogen) atoms. The van der Waals surface area contributed by atoms with E-state index < -0.39 is 5.97 Å². The Morgan fingerprint density at radius 3 is 2.73 bits per heavy atom. The smallest absolute Gasteiger partial charge is 0.304 e. The molecular weight excluding hydrogens is 398 g/mol. The lowest BCUT2D eigenvalue weighted by molar-refractivity contribution is -0.137. The van der Waals surface area contributed by atoms with Crippen LogP contribution in [0.1, 0.15) is 48.4 Å². The van der Waals surface area contributed by atoms with Crippen molar-refractivity contribution in [3.63, 3.8) is 0 Å². The maximum absolute atomic E-state index is 10.8. The van der Waals surface area contributed by atoms with E-state index in [1.165, 1.54) is 11.1 Å². The van der Waals surface area contributed by atoms with Crippen LogP contribution < -0.4 is 4.74 Å². The molecule has 2 aliphatic rings. The van der Waals surface area contributed by atoms with E-state index in [2.05, 4.69) is 54.3 Å². The van der Waals surface area contributed by atoms with Gasteiger partial charge in [-0.2, -0.15) is 0 Å². The van der Waals surface area contributed by atoms with E-state index in [1.807, 2.05) is 6.07 Å². The fourth-order valence-corrected chi connectivity index (χ4v) is 4.67. The number of fused-ring (bicyclic) bond motifs is 2. The topological polar surface area (TPSA) is 49.8 Å². The number of carboxylic acids is 1. The Labute approximate surface area is 183 Å². The van der Waals surface area contributed by atoms with E-state index in [-0.39, 0.29) is 11.8 Å². The number of carbonyl (C=O) groups is 1. The van der Waals surface area contributed by atoms with Gasteiger partial charge in [0.2, 0.25) is 0 Å². The summed E-state index contributed by atoms with van der Waals surface area (Å²) in [4.78, 5) is 13.1. The molecule has 2 aromatic rings. The number of benzene rings is 2. The summed E-state index contributed by atoms with van der Waals surface area (Å²) in [7, 11) is 0. The van der Waals surface area contributed by atoms with Gasteiger partial charge in [0.1, 0.15) is 5.75 Å². The zero-order valence-corrected chi connectivity index (χ0v) is 18.1. The lowest BCUT2D eigenvalue weighted by Crippen LogP contribution is -2.44. The van der Waals surface area contributed by atoms with E-state index in [0.717, 1.165) is 54.3 Å². The summed E-state index contributed by atoms with van der Waals surface area (Å²) in [5, 5.41) is 9.66. The van der Waals surface area contributed by atoms with Gasteiger partial charge < -0.3 is 14.7 Å². The number of nitrogens with zero attached hydrogens (tertiary/aromatic N) is 1. The Hall–Kier alpha value is -2.30. The average Bonchev–Trinajstić information content (AvgIpc) is 3.10. The van der Waals surface area contributed by atoms with Gasteiger partial charge in [-0.15, -0.1) is 0 Å². The summed E-state index contributed by atoms with van der Waals surface area (Å²) in [5.41, 5.74) is 4.76. The van der Waals surface area contributed by atoms with E-state index >= 15 is 0 Å². The molecule has 0 saturated carbocycles. The van der Waals surface area contributed by atoms with Crippen molar-refractivity contribution in [2.75, 3.05) is 26.2 Å². The van der Waals surface area contributed by atoms with Crippen LogP contribution in [0.15, 0.2) is 36.4 Å². The predicted octanol–water partition coefficient (Wildman–Crippen LogP) is 5.27. The third kappa shape index (κ3) is 4.40. The summed E-state index contributed by atoms with van der Waals surface area (Å²) >= 11 is 6.35. The molecule has 0 unspecified atom stereocenters. The van der Waals surface area contributed by atoms with Crippen LogP contribution in [0, 0.1) is 0 Å². The number of aliphatic carboxylic acids is 1. The first kappa shape index (κ1) is 21.0. The minimum Gasteiger partial charge on any atom is -0.492 e. The average molecular weight is 426 g/mol. The first-order valence-electron chi connectivity index (χ1n) is 10.7. The second-order valence-corrected chi connectivity index (χ2v) is 8.76. The Bertz CT molecular complexity index is 961. The molecule has 1 saturated heterocycles. The highest BCUT2D eigenvalue weighted by atomic mass is 35.5. The van der Waals surface area contributed by atoms with Crippen molar-refractivity contribution in [1.29, 1.82) is 0 Å². The van der Waals surface area contributed by atoms with E-state index in [1.54, 1.807) is 0 Å². The minimum absolute atomic E-state index is 0.0655. The van der Waals surface area contributed by atoms with Crippen LogP contribution in [0.2, 0.25) is 5.02 Å². The molecule has 158 valence electrons. The van der Waals surface area contributed by atoms with Gasteiger partial charge in [-0.25, -0.2) is 0 Å². The fraction of sp³-hybridized carbons (Fsp3) is 0.400. The summed E-state index contributed by atoms with van der Waals surface area (Å²) in [5.74, 6) is 0.248. The first-order chi connectivity index (χ1) is 14.5. The number of piperidine rings is 1. The van der Waals surface area contributed by atoms with Crippen molar-refractivity contribution >= 4 is 29.7 Å². The van der Waals surface area contributed by atoms with Crippen molar-refractivity contribution in [1.82, 2.24) is 4.90 Å². The molecule has 0 aliphatic carbocycles. The van der Waals surface area contributed by atoms with Crippen LogP contribution in [0.25, 0.3) is 12.2 Å². The van der Waals surface area contributed by atoms with Crippen LogP contribution in [0.3, 0.4) is 0 Å². The maximum atomic E-state index is 10.8. The highest BCUT2D eigenvalue weighted by molar-refractivity contribution is 6.32. The number of rotatable bonds is 6. The first-order valence-corrected chi connectivity index (χ1v) is 11.0. The van der Waals surface area contributed by atoms with Crippen molar-refractivity contribution in [3.8, 4) is 5.75 Å². The quantitative estimate of drug-likeness (QED) is 0.640. The van der Waals surface area contributed by atoms with Gasteiger partial charge in [0.15, 0.2) is 0 Å².